The van der Waals surface area contributed by atoms with Gasteiger partial charge >= 0.3 is 16.8 Å². The number of aliphatic carboxylic acids is 2. The van der Waals surface area contributed by atoms with Crippen molar-refractivity contribution in [3.63, 3.8) is 0 Å². The smallest absolute Gasteiger partial charge is 0.550 e. The number of hydrogen-bond acceptors (Lipinski definition) is 8. The molecule has 0 fully saturated rings. The summed E-state index contributed by atoms with van der Waals surface area (Å²) in [6, 6.07) is 8.38. The molecule has 0 aliphatic carbocycles. The number of carbonyl (C=O) groups excluding carboxylic acids is 2. The second-order valence-electron chi connectivity index (χ2n) is 13.2. The molecule has 0 saturated heterocycles. The quantitative estimate of drug-likeness (QED) is 0.256. The molecule has 0 spiro atoms. The molecule has 2 aromatic carbocycles. The Balaban J connectivity index is 0. The van der Waals surface area contributed by atoms with Crippen LogP contribution in [0.1, 0.15) is 141 Å². The van der Waals surface area contributed by atoms with Crippen molar-refractivity contribution >= 4 is 24.4 Å². The van der Waals surface area contributed by atoms with Crippen LogP contribution in [0.4, 0.5) is 0 Å². The van der Waals surface area contributed by atoms with Gasteiger partial charge in [0.1, 0.15) is 11.5 Å². The minimum Gasteiger partial charge on any atom is -0.550 e. The number of aliphatic imine (C=N–C) groups is 2. The van der Waals surface area contributed by atoms with Crippen LogP contribution in [-0.2, 0) is 37.2 Å². The Bertz CT molecular complexity index is 1180. The zero-order chi connectivity index (χ0) is 34.4. The number of benzene rings is 2. The zero-order valence-corrected chi connectivity index (χ0v) is 30.2. The molecule has 9 heteroatoms. The first kappa shape index (κ1) is 44.0. The van der Waals surface area contributed by atoms with Crippen molar-refractivity contribution in [1.29, 1.82) is 0 Å². The molecule has 0 aromatic heterocycles. The molecule has 0 heterocycles. The predicted molar refractivity (Wildman–Crippen MR) is 177 cm³/mol. The van der Waals surface area contributed by atoms with E-state index >= 15 is 0 Å². The molecule has 0 saturated carbocycles. The van der Waals surface area contributed by atoms with E-state index < -0.39 is 11.9 Å². The average molecular weight is 670 g/mol. The molecule has 0 aliphatic rings. The number of hydrogen-bond donors (Lipinski definition) is 2. The van der Waals surface area contributed by atoms with E-state index in [-0.39, 0.29) is 27.6 Å². The fourth-order valence-corrected chi connectivity index (χ4v) is 4.18. The van der Waals surface area contributed by atoms with Crippen LogP contribution in [0.3, 0.4) is 0 Å². The maximum atomic E-state index is 10.9. The summed E-state index contributed by atoms with van der Waals surface area (Å²) in [6.45, 7) is 24.5. The monoisotopic (exact) mass is 669 g/mol. The van der Waals surface area contributed by atoms with Crippen LogP contribution < -0.4 is 10.2 Å². The van der Waals surface area contributed by atoms with Gasteiger partial charge in [-0.2, -0.15) is 0 Å². The summed E-state index contributed by atoms with van der Waals surface area (Å²) in [6.07, 6.45) is 5.62. The average Bonchev–Trinajstić information content (AvgIpc) is 2.89. The van der Waals surface area contributed by atoms with E-state index in [0.717, 1.165) is 48.9 Å². The normalized spacial score (nSPS) is 12.8. The fourth-order valence-electron chi connectivity index (χ4n) is 4.18. The molecule has 2 atom stereocenters. The standard InChI is InChI=1S/C32H48N2O2.2C2H4O2.Co/c1-11-21(3)23-15-25(29(35)27(17-23)31(5,6)7)19-33-13-14-34-20-26-16-24(22(4)12-2)18-28(30(26)36)32(8,9)10;2*1-2(3)4;/h15-22,35-36H,11-14H2,1-10H3;2*1H3,(H,3,4);/q;;;+2/p-2. The summed E-state index contributed by atoms with van der Waals surface area (Å²) in [7, 11) is 0. The molecule has 8 nitrogen and oxygen atoms in total. The number of carboxylic acid groups (broad SMARTS) is 2. The van der Waals surface area contributed by atoms with Gasteiger partial charge < -0.3 is 30.0 Å². The number of rotatable bonds is 9. The summed E-state index contributed by atoms with van der Waals surface area (Å²) in [4.78, 5) is 26.9. The number of carboxylic acids is 2. The SMILES string of the molecule is CC(=O)[O-].CC(=O)[O-].CCC(C)c1cc(C=NCCN=Cc2cc(C(C)CC)cc(C(C)(C)C)c2O)c(O)c(C(C)(C)C)c1.[Co+2]. The molecule has 253 valence electrons. The summed E-state index contributed by atoms with van der Waals surface area (Å²) in [5, 5.41) is 39.6. The summed E-state index contributed by atoms with van der Waals surface area (Å²) >= 11 is 0. The molecule has 1 radical (unpaired) electrons. The van der Waals surface area contributed by atoms with E-state index in [0.29, 0.717) is 36.4 Å². The Kier molecular flexibility index (Phi) is 19.6. The number of phenolic OH excluding ortho intramolecular Hbond substituents is 2. The summed E-state index contributed by atoms with van der Waals surface area (Å²) in [5.74, 6) is -0.716. The molecule has 0 amide bonds. The molecule has 2 aromatic rings. The molecular weight excluding hydrogens is 615 g/mol. The van der Waals surface area contributed by atoms with E-state index in [1.54, 1.807) is 12.4 Å². The largest absolute Gasteiger partial charge is 2.00 e. The first-order valence-electron chi connectivity index (χ1n) is 15.3. The number of carbonyl (C=O) groups is 2. The minimum absolute atomic E-state index is 0. The maximum Gasteiger partial charge on any atom is 2.00 e. The Hall–Kier alpha value is -3.17. The van der Waals surface area contributed by atoms with Crippen LogP contribution in [-0.4, -0.2) is 47.7 Å². The molecule has 2 rings (SSSR count). The second kappa shape index (κ2) is 20.1. The van der Waals surface area contributed by atoms with E-state index in [4.69, 9.17) is 19.8 Å². The van der Waals surface area contributed by atoms with Crippen LogP contribution in [0.5, 0.6) is 11.5 Å². The molecule has 0 aliphatic heterocycles. The van der Waals surface area contributed by atoms with Crippen LogP contribution in [0.25, 0.3) is 0 Å². The summed E-state index contributed by atoms with van der Waals surface area (Å²) in [5.41, 5.74) is 5.57. The van der Waals surface area contributed by atoms with Crippen molar-refractivity contribution in [2.24, 2.45) is 9.98 Å². The minimum atomic E-state index is -1.08. The molecular formula is C36H54CoN2O6. The third-order valence-corrected chi connectivity index (χ3v) is 7.12. The van der Waals surface area contributed by atoms with Crippen molar-refractivity contribution < 1.29 is 46.8 Å². The van der Waals surface area contributed by atoms with Gasteiger partial charge in [0.05, 0.1) is 13.1 Å². The van der Waals surface area contributed by atoms with Gasteiger partial charge in [-0.25, -0.2) is 0 Å². The first-order valence-corrected chi connectivity index (χ1v) is 15.3. The maximum absolute atomic E-state index is 10.9. The van der Waals surface area contributed by atoms with Crippen LogP contribution >= 0.6 is 0 Å². The number of aromatic hydroxyl groups is 2. The van der Waals surface area contributed by atoms with Crippen LogP contribution in [0, 0.1) is 0 Å². The molecule has 0 bridgehead atoms. The van der Waals surface area contributed by atoms with Crippen molar-refractivity contribution in [3.8, 4) is 11.5 Å². The van der Waals surface area contributed by atoms with Gasteiger partial charge in [0, 0.05) is 46.6 Å². The fraction of sp³-hybridized carbons (Fsp3) is 0.556. The molecule has 2 N–H and O–H groups in total. The summed E-state index contributed by atoms with van der Waals surface area (Å²) < 4.78 is 0. The molecule has 45 heavy (non-hydrogen) atoms. The van der Waals surface area contributed by atoms with Gasteiger partial charge in [0.25, 0.3) is 0 Å². The Morgan fingerprint density at radius 2 is 0.978 bits per heavy atom. The van der Waals surface area contributed by atoms with Gasteiger partial charge in [-0.05, 0) is 72.6 Å². The topological polar surface area (TPSA) is 145 Å². The van der Waals surface area contributed by atoms with E-state index in [1.165, 1.54) is 11.1 Å². The van der Waals surface area contributed by atoms with Crippen molar-refractivity contribution in [2.45, 2.75) is 119 Å². The van der Waals surface area contributed by atoms with Crippen molar-refractivity contribution in [3.05, 3.63) is 57.6 Å². The number of phenols is 2. The van der Waals surface area contributed by atoms with Gasteiger partial charge in [-0.3, -0.25) is 9.98 Å². The van der Waals surface area contributed by atoms with E-state index in [1.807, 2.05) is 0 Å². The predicted octanol–water partition coefficient (Wildman–Crippen LogP) is 5.77. The van der Waals surface area contributed by atoms with Gasteiger partial charge in [-0.1, -0.05) is 81.4 Å². The van der Waals surface area contributed by atoms with Gasteiger partial charge in [0.15, 0.2) is 0 Å². The van der Waals surface area contributed by atoms with E-state index in [2.05, 4.69) is 103 Å². The Morgan fingerprint density at radius 1 is 0.711 bits per heavy atom. The third kappa shape index (κ3) is 16.1. The third-order valence-electron chi connectivity index (χ3n) is 7.12. The van der Waals surface area contributed by atoms with Crippen LogP contribution in [0.2, 0.25) is 0 Å². The van der Waals surface area contributed by atoms with Crippen LogP contribution in [0.15, 0.2) is 34.3 Å². The molecule has 2 unspecified atom stereocenters. The Morgan fingerprint density at radius 3 is 1.20 bits per heavy atom. The van der Waals surface area contributed by atoms with Gasteiger partial charge in [0.2, 0.25) is 0 Å². The van der Waals surface area contributed by atoms with Gasteiger partial charge in [-0.15, -0.1) is 0 Å². The second-order valence-corrected chi connectivity index (χ2v) is 13.2. The van der Waals surface area contributed by atoms with Crippen molar-refractivity contribution in [2.75, 3.05) is 13.1 Å². The number of nitrogens with zero attached hydrogens (tertiary/aromatic N) is 2. The first-order chi connectivity index (χ1) is 20.2. The zero-order valence-electron chi connectivity index (χ0n) is 29.2. The van der Waals surface area contributed by atoms with E-state index in [9.17, 15) is 10.2 Å². The Labute approximate surface area is 281 Å². The van der Waals surface area contributed by atoms with Crippen molar-refractivity contribution in [1.82, 2.24) is 0 Å².